The van der Waals surface area contributed by atoms with Crippen molar-refractivity contribution in [1.82, 2.24) is 10.6 Å². The number of hydrogen-bond donors (Lipinski definition) is 2. The van der Waals surface area contributed by atoms with Crippen LogP contribution in [-0.4, -0.2) is 55.3 Å². The average molecular weight is 469 g/mol. The second kappa shape index (κ2) is 13.5. The minimum Gasteiger partial charge on any atom is -0.444 e. The van der Waals surface area contributed by atoms with Crippen molar-refractivity contribution in [1.29, 1.82) is 0 Å². The molecule has 0 radical (unpaired) electrons. The molecule has 1 rings (SSSR count). The molecule has 32 heavy (non-hydrogen) atoms. The van der Waals surface area contributed by atoms with Crippen LogP contribution in [0.3, 0.4) is 0 Å². The molecule has 180 valence electrons. The Morgan fingerprint density at radius 2 is 1.81 bits per heavy atom. The largest absolute Gasteiger partial charge is 0.444 e. The first kappa shape index (κ1) is 28.0. The van der Waals surface area contributed by atoms with E-state index in [-0.39, 0.29) is 5.29 Å². The van der Waals surface area contributed by atoms with Gasteiger partial charge in [0.25, 0.3) is 0 Å². The van der Waals surface area contributed by atoms with E-state index in [9.17, 15) is 4.79 Å². The fourth-order valence-corrected chi connectivity index (χ4v) is 3.28. The number of carbonyl (C=O) groups is 1. The van der Waals surface area contributed by atoms with Crippen LogP contribution in [0.15, 0.2) is 21.4 Å². The summed E-state index contributed by atoms with van der Waals surface area (Å²) >= 11 is 6.06. The Bertz CT molecular complexity index is 750. The van der Waals surface area contributed by atoms with Gasteiger partial charge in [-0.05, 0) is 78.6 Å². The molecule has 1 aliphatic rings. The van der Waals surface area contributed by atoms with E-state index in [1.54, 1.807) is 0 Å². The summed E-state index contributed by atoms with van der Waals surface area (Å²) in [6.07, 6.45) is 2.65. The highest BCUT2D eigenvalue weighted by Gasteiger charge is 2.35. The molecule has 0 aromatic rings. The summed E-state index contributed by atoms with van der Waals surface area (Å²) in [6.45, 7) is 15.8. The second-order valence-corrected chi connectivity index (χ2v) is 8.83. The molecule has 2 N–H and O–H groups in total. The van der Waals surface area contributed by atoms with Crippen LogP contribution < -0.4 is 10.6 Å². The summed E-state index contributed by atoms with van der Waals surface area (Å²) in [5.74, 6) is 6.48. The number of amides is 1. The number of rotatable bonds is 9. The Morgan fingerprint density at radius 1 is 1.22 bits per heavy atom. The Kier molecular flexibility index (Phi) is 11.8. The Hall–Kier alpha value is -2.08. The molecule has 1 aliphatic carbocycles. The molecule has 0 atom stereocenters. The van der Waals surface area contributed by atoms with Gasteiger partial charge in [-0.15, -0.1) is 0 Å². The van der Waals surface area contributed by atoms with Gasteiger partial charge in [-0.3, -0.25) is 0 Å². The van der Waals surface area contributed by atoms with Crippen LogP contribution in [0.1, 0.15) is 67.2 Å². The predicted molar refractivity (Wildman–Crippen MR) is 129 cm³/mol. The van der Waals surface area contributed by atoms with Gasteiger partial charge < -0.3 is 24.8 Å². The third-order valence-corrected chi connectivity index (χ3v) is 4.82. The van der Waals surface area contributed by atoms with Crippen molar-refractivity contribution in [3.63, 3.8) is 0 Å². The molecular formula is C23H37ClN4O4. The number of alkyl carbamates (subject to hydrolysis) is 1. The van der Waals surface area contributed by atoms with Crippen LogP contribution in [0, 0.1) is 11.8 Å². The van der Waals surface area contributed by atoms with E-state index >= 15 is 0 Å². The maximum atomic E-state index is 12.2. The number of allylic oxidation sites excluding steroid dienone is 1. The Morgan fingerprint density at radius 3 is 2.31 bits per heavy atom. The Balaban J connectivity index is 3.14. The smallest absolute Gasteiger partial charge is 0.407 e. The van der Waals surface area contributed by atoms with Crippen LogP contribution in [0.25, 0.3) is 0 Å². The molecule has 1 amide bonds. The summed E-state index contributed by atoms with van der Waals surface area (Å²) in [5, 5.41) is 6.34. The van der Waals surface area contributed by atoms with Crippen LogP contribution in [0.5, 0.6) is 0 Å². The number of nitrogens with one attached hydrogen (secondary N) is 2. The van der Waals surface area contributed by atoms with Gasteiger partial charge in [0, 0.05) is 25.3 Å². The minimum absolute atomic E-state index is 0.00642. The van der Waals surface area contributed by atoms with Crippen molar-refractivity contribution >= 4 is 29.7 Å². The lowest BCUT2D eigenvalue weighted by Crippen LogP contribution is -2.52. The molecule has 0 heterocycles. The number of hydrogen-bond acceptors (Lipinski definition) is 6. The van der Waals surface area contributed by atoms with Crippen LogP contribution >= 0.6 is 11.6 Å². The molecule has 0 saturated heterocycles. The minimum atomic E-state index is -0.632. The van der Waals surface area contributed by atoms with Crippen molar-refractivity contribution < 1.29 is 19.0 Å². The summed E-state index contributed by atoms with van der Waals surface area (Å²) in [7, 11) is 0. The Labute approximate surface area is 197 Å². The summed E-state index contributed by atoms with van der Waals surface area (Å²) in [6, 6.07) is 0. The van der Waals surface area contributed by atoms with Crippen molar-refractivity contribution in [2.75, 3.05) is 19.8 Å². The second-order valence-electron chi connectivity index (χ2n) is 8.49. The molecule has 1 saturated carbocycles. The predicted octanol–water partition coefficient (Wildman–Crippen LogP) is 4.34. The number of nitrogens with zero attached hydrogens (tertiary/aromatic N) is 2. The third-order valence-electron chi connectivity index (χ3n) is 4.62. The van der Waals surface area contributed by atoms with Gasteiger partial charge in [0.1, 0.15) is 11.4 Å². The quantitative estimate of drug-likeness (QED) is 0.172. The lowest BCUT2D eigenvalue weighted by Gasteiger charge is -2.32. The van der Waals surface area contributed by atoms with E-state index in [1.165, 1.54) is 0 Å². The first-order valence-electron chi connectivity index (χ1n) is 11.0. The fourth-order valence-electron chi connectivity index (χ4n) is 3.20. The highest BCUT2D eigenvalue weighted by molar-refractivity contribution is 6.65. The lowest BCUT2D eigenvalue weighted by atomic mass is 9.97. The van der Waals surface area contributed by atoms with E-state index in [0.717, 1.165) is 25.7 Å². The summed E-state index contributed by atoms with van der Waals surface area (Å²) < 4.78 is 16.3. The average Bonchev–Trinajstić information content (AvgIpc) is 3.17. The van der Waals surface area contributed by atoms with E-state index in [1.807, 2.05) is 41.5 Å². The number of carbonyl (C=O) groups excluding carboxylic acids is 1. The van der Waals surface area contributed by atoms with Crippen molar-refractivity contribution in [3.05, 3.63) is 11.4 Å². The maximum absolute atomic E-state index is 12.2. The normalized spacial score (nSPS) is 16.7. The highest BCUT2D eigenvalue weighted by atomic mass is 35.5. The number of aliphatic imine (C=N–C) groups is 2. The fraction of sp³-hybridized carbons (Fsp3) is 0.696. The van der Waals surface area contributed by atoms with E-state index < -0.39 is 23.5 Å². The van der Waals surface area contributed by atoms with E-state index in [2.05, 4.69) is 39.2 Å². The van der Waals surface area contributed by atoms with Gasteiger partial charge in [0.15, 0.2) is 0 Å². The molecule has 0 bridgehead atoms. The van der Waals surface area contributed by atoms with Crippen LogP contribution in [0.2, 0.25) is 0 Å². The van der Waals surface area contributed by atoms with Gasteiger partial charge in [-0.2, -0.15) is 4.99 Å². The number of halogens is 1. The SMILES string of the molecule is C=N/C(Cl)=N\C(NC1(CNC(=O)OC(C)(C)C)CCCC1)=C(/C)C#CC(OCC)OCC. The van der Waals surface area contributed by atoms with E-state index in [0.29, 0.717) is 31.2 Å². The lowest BCUT2D eigenvalue weighted by molar-refractivity contribution is -0.0970. The van der Waals surface area contributed by atoms with Gasteiger partial charge in [-0.25, -0.2) is 9.79 Å². The van der Waals surface area contributed by atoms with Crippen molar-refractivity contribution in [2.45, 2.75) is 84.7 Å². The molecule has 0 spiro atoms. The van der Waals surface area contributed by atoms with Gasteiger partial charge in [0.2, 0.25) is 11.6 Å². The molecule has 0 aliphatic heterocycles. The highest BCUT2D eigenvalue weighted by Crippen LogP contribution is 2.31. The summed E-state index contributed by atoms with van der Waals surface area (Å²) in [4.78, 5) is 20.2. The summed E-state index contributed by atoms with van der Waals surface area (Å²) in [5.41, 5.74) is -0.335. The molecule has 9 heteroatoms. The van der Waals surface area contributed by atoms with Gasteiger partial charge >= 0.3 is 6.09 Å². The van der Waals surface area contributed by atoms with Crippen molar-refractivity contribution in [2.24, 2.45) is 9.98 Å². The first-order valence-corrected chi connectivity index (χ1v) is 11.3. The van der Waals surface area contributed by atoms with Crippen molar-refractivity contribution in [3.8, 4) is 11.8 Å². The maximum Gasteiger partial charge on any atom is 0.407 e. The zero-order valence-corrected chi connectivity index (χ0v) is 20.9. The topological polar surface area (TPSA) is 93.5 Å². The molecule has 0 aromatic carbocycles. The molecule has 0 unspecified atom stereocenters. The van der Waals surface area contributed by atoms with E-state index in [4.69, 9.17) is 25.8 Å². The zero-order valence-electron chi connectivity index (χ0n) is 20.1. The molecule has 1 fully saturated rings. The van der Waals surface area contributed by atoms with Gasteiger partial charge in [-0.1, -0.05) is 18.8 Å². The monoisotopic (exact) mass is 468 g/mol. The zero-order chi connectivity index (χ0) is 24.2. The number of amidine groups is 1. The molecular weight excluding hydrogens is 432 g/mol. The molecule has 0 aromatic heterocycles. The van der Waals surface area contributed by atoms with Crippen LogP contribution in [-0.2, 0) is 14.2 Å². The number of ether oxygens (including phenoxy) is 3. The van der Waals surface area contributed by atoms with Crippen LogP contribution in [0.4, 0.5) is 4.79 Å². The molecule has 8 nitrogen and oxygen atoms in total. The van der Waals surface area contributed by atoms with Gasteiger partial charge in [0.05, 0.1) is 5.54 Å². The standard InChI is InChI=1S/C23H37ClN4O4/c1-8-30-18(31-9-2)13-12-17(3)19(27-20(24)25-7)28-23(14-10-11-15-23)16-26-21(29)32-22(4,5)6/h18,28H,7-11,14-16H2,1-6H3,(H,26,29)/b19-17-,27-20-. The third kappa shape index (κ3) is 10.5. The first-order chi connectivity index (χ1) is 15.0.